The molecule has 0 bridgehead atoms. The maximum Gasteiger partial charge on any atom is 0.436 e. The second-order valence-electron chi connectivity index (χ2n) is 6.20. The summed E-state index contributed by atoms with van der Waals surface area (Å²) in [7, 11) is 2.99. The van der Waals surface area contributed by atoms with Gasteiger partial charge in [-0.2, -0.15) is 4.99 Å². The number of hydrogen-bond donors (Lipinski definition) is 4. The van der Waals surface area contributed by atoms with Crippen molar-refractivity contribution in [3.8, 4) is 0 Å². The molecule has 0 saturated heterocycles. The summed E-state index contributed by atoms with van der Waals surface area (Å²) in [6.45, 7) is 0.587. The lowest BCUT2D eigenvalue weighted by molar-refractivity contribution is 0.0955. The Balaban J connectivity index is 1.66. The van der Waals surface area contributed by atoms with Crippen LogP contribution in [0.15, 0.2) is 52.7 Å². The first-order valence-corrected chi connectivity index (χ1v) is 12.8. The molecule has 0 unspecified atom stereocenters. The molecule has 2 aromatic rings. The Morgan fingerprint density at radius 2 is 1.88 bits per heavy atom. The van der Waals surface area contributed by atoms with Crippen LogP contribution in [0.4, 0.5) is 4.79 Å². The first-order valence-electron chi connectivity index (χ1n) is 9.60. The highest BCUT2D eigenvalue weighted by Gasteiger charge is 2.13. The number of aromatic nitrogens is 1. The molecular formula is C20H21Cl2N7O3S2. The van der Waals surface area contributed by atoms with Gasteiger partial charge in [0.25, 0.3) is 5.91 Å². The number of nitrogens with zero attached hydrogens (tertiary/aromatic N) is 3. The van der Waals surface area contributed by atoms with Crippen LogP contribution in [0.2, 0.25) is 10.0 Å². The second kappa shape index (κ2) is 14.5. The Morgan fingerprint density at radius 1 is 1.12 bits per heavy atom. The van der Waals surface area contributed by atoms with Crippen molar-refractivity contribution >= 4 is 74.3 Å². The van der Waals surface area contributed by atoms with Crippen molar-refractivity contribution in [2.24, 2.45) is 21.5 Å². The van der Waals surface area contributed by atoms with E-state index in [2.05, 4.69) is 20.3 Å². The Bertz CT molecular complexity index is 1090. The Labute approximate surface area is 213 Å². The van der Waals surface area contributed by atoms with Crippen LogP contribution in [-0.2, 0) is 4.74 Å². The molecule has 0 spiro atoms. The monoisotopic (exact) mass is 541 g/mol. The van der Waals surface area contributed by atoms with E-state index in [0.29, 0.717) is 23.6 Å². The smallest absolute Gasteiger partial charge is 0.436 e. The molecule has 1 aromatic carbocycles. The molecule has 10 nitrogen and oxygen atoms in total. The van der Waals surface area contributed by atoms with E-state index in [4.69, 9.17) is 44.8 Å². The van der Waals surface area contributed by atoms with Gasteiger partial charge in [0.15, 0.2) is 5.84 Å². The molecule has 1 heterocycles. The minimum atomic E-state index is -0.935. The molecule has 14 heteroatoms. The van der Waals surface area contributed by atoms with Crippen molar-refractivity contribution in [3.05, 3.63) is 63.9 Å². The number of carbonyl (C=O) groups is 2. The summed E-state index contributed by atoms with van der Waals surface area (Å²) in [5.74, 6) is 0.243. The highest BCUT2D eigenvalue weighted by molar-refractivity contribution is 8.76. The molecule has 180 valence electrons. The van der Waals surface area contributed by atoms with Gasteiger partial charge in [0.2, 0.25) is 5.96 Å². The average Bonchev–Trinajstić information content (AvgIpc) is 2.82. The summed E-state index contributed by atoms with van der Waals surface area (Å²) in [4.78, 5) is 34.7. The minimum absolute atomic E-state index is 0.0997. The standard InChI is InChI=1S/C20H21Cl2N7O3S2/c21-14-5-1-4-13(15(14)22)16(23)17(24)28-19(25)29-20(31)32-8-10-34-33-9-7-27-18(30)12-3-2-6-26-11-12/h1-6,11,23H,7-10H2,(H,27,30)(H4,24,25,28,29,31). The fourth-order valence-electron chi connectivity index (χ4n) is 2.25. The van der Waals surface area contributed by atoms with Gasteiger partial charge in [-0.3, -0.25) is 15.2 Å². The maximum atomic E-state index is 11.9. The molecule has 0 atom stereocenters. The molecule has 2 rings (SSSR count). The van der Waals surface area contributed by atoms with E-state index in [0.717, 1.165) is 0 Å². The summed E-state index contributed by atoms with van der Waals surface area (Å²) in [6, 6.07) is 8.10. The number of carbonyl (C=O) groups excluding carboxylic acids is 2. The van der Waals surface area contributed by atoms with Gasteiger partial charge in [0.05, 0.1) is 15.6 Å². The zero-order valence-corrected chi connectivity index (χ0v) is 20.8. The number of pyridine rings is 1. The highest BCUT2D eigenvalue weighted by Crippen LogP contribution is 2.25. The van der Waals surface area contributed by atoms with Gasteiger partial charge < -0.3 is 21.5 Å². The van der Waals surface area contributed by atoms with E-state index >= 15 is 0 Å². The van der Waals surface area contributed by atoms with Gasteiger partial charge in [0, 0.05) is 36.0 Å². The SMILES string of the molecule is N=C(/C(N)=N\C(N)=N\C(=O)OCCSSCCNC(=O)c1cccnc1)c1cccc(Cl)c1Cl. The number of aliphatic imine (C=N–C) groups is 2. The lowest BCUT2D eigenvalue weighted by Gasteiger charge is -2.07. The van der Waals surface area contributed by atoms with Crippen molar-refractivity contribution in [1.29, 1.82) is 5.41 Å². The zero-order valence-electron chi connectivity index (χ0n) is 17.7. The predicted molar refractivity (Wildman–Crippen MR) is 139 cm³/mol. The van der Waals surface area contributed by atoms with Gasteiger partial charge in [0.1, 0.15) is 12.3 Å². The van der Waals surface area contributed by atoms with Crippen molar-refractivity contribution in [3.63, 3.8) is 0 Å². The number of benzene rings is 1. The third-order valence-electron chi connectivity index (χ3n) is 3.79. The number of nitrogens with two attached hydrogens (primary N) is 2. The molecule has 0 aliphatic heterocycles. The Hall–Kier alpha value is -2.80. The van der Waals surface area contributed by atoms with Gasteiger partial charge in [-0.15, -0.1) is 4.99 Å². The number of amidine groups is 1. The molecule has 0 aliphatic carbocycles. The second-order valence-corrected chi connectivity index (χ2v) is 9.69. The van der Waals surface area contributed by atoms with E-state index in [1.54, 1.807) is 36.5 Å². The van der Waals surface area contributed by atoms with E-state index in [1.807, 2.05) is 0 Å². The lowest BCUT2D eigenvalue weighted by atomic mass is 10.1. The minimum Gasteiger partial charge on any atom is -0.447 e. The molecule has 0 radical (unpaired) electrons. The van der Waals surface area contributed by atoms with Crippen molar-refractivity contribution in [2.45, 2.75) is 0 Å². The molecule has 2 amide bonds. The first kappa shape index (κ1) is 27.4. The molecule has 0 aliphatic rings. The zero-order chi connectivity index (χ0) is 24.9. The van der Waals surface area contributed by atoms with Crippen LogP contribution in [0, 0.1) is 5.41 Å². The third-order valence-corrected chi connectivity index (χ3v) is 6.98. The van der Waals surface area contributed by atoms with Crippen LogP contribution >= 0.6 is 44.8 Å². The number of hydrogen-bond acceptors (Lipinski definition) is 7. The summed E-state index contributed by atoms with van der Waals surface area (Å²) in [5, 5.41) is 11.3. The summed E-state index contributed by atoms with van der Waals surface area (Å²) < 4.78 is 4.96. The molecule has 6 N–H and O–H groups in total. The highest BCUT2D eigenvalue weighted by atomic mass is 35.5. The van der Waals surface area contributed by atoms with E-state index < -0.39 is 12.1 Å². The van der Waals surface area contributed by atoms with Crippen molar-refractivity contribution < 1.29 is 14.3 Å². The van der Waals surface area contributed by atoms with Crippen LogP contribution in [0.25, 0.3) is 0 Å². The quantitative estimate of drug-likeness (QED) is 0.153. The van der Waals surface area contributed by atoms with Crippen molar-refractivity contribution in [1.82, 2.24) is 10.3 Å². The molecule has 1 aromatic heterocycles. The Morgan fingerprint density at radius 3 is 2.62 bits per heavy atom. The molecule has 0 fully saturated rings. The van der Waals surface area contributed by atoms with Crippen LogP contribution < -0.4 is 16.8 Å². The molecule has 34 heavy (non-hydrogen) atoms. The molecule has 0 saturated carbocycles. The van der Waals surface area contributed by atoms with Gasteiger partial charge >= 0.3 is 6.09 Å². The number of halogens is 2. The topological polar surface area (TPSA) is 169 Å². The maximum absolute atomic E-state index is 11.9. The van der Waals surface area contributed by atoms with E-state index in [9.17, 15) is 9.59 Å². The van der Waals surface area contributed by atoms with Gasteiger partial charge in [-0.05, 0) is 18.2 Å². The lowest BCUT2D eigenvalue weighted by Crippen LogP contribution is -2.28. The van der Waals surface area contributed by atoms with Gasteiger partial charge in [-0.1, -0.05) is 56.9 Å². The number of amides is 2. The van der Waals surface area contributed by atoms with Crippen molar-refractivity contribution in [2.75, 3.05) is 24.7 Å². The summed E-state index contributed by atoms with van der Waals surface area (Å²) >= 11 is 12.0. The van der Waals surface area contributed by atoms with Crippen LogP contribution in [0.5, 0.6) is 0 Å². The van der Waals surface area contributed by atoms with E-state index in [1.165, 1.54) is 27.8 Å². The van der Waals surface area contributed by atoms with Crippen LogP contribution in [0.3, 0.4) is 0 Å². The number of ether oxygens (including phenoxy) is 1. The largest absolute Gasteiger partial charge is 0.447 e. The fourth-order valence-corrected chi connectivity index (χ4v) is 4.38. The first-order chi connectivity index (χ1) is 16.3. The number of rotatable bonds is 10. The van der Waals surface area contributed by atoms with Crippen LogP contribution in [0.1, 0.15) is 15.9 Å². The summed E-state index contributed by atoms with van der Waals surface area (Å²) in [6.07, 6.45) is 2.17. The van der Waals surface area contributed by atoms with Crippen LogP contribution in [-0.4, -0.2) is 59.1 Å². The number of guanidine groups is 1. The average molecular weight is 542 g/mol. The van der Waals surface area contributed by atoms with Gasteiger partial charge in [-0.25, -0.2) is 4.79 Å². The summed E-state index contributed by atoms with van der Waals surface area (Å²) in [5.41, 5.74) is 11.9. The number of nitrogens with one attached hydrogen (secondary N) is 2. The fraction of sp³-hybridized carbons (Fsp3) is 0.200. The normalized spacial score (nSPS) is 11.7. The molecular weight excluding hydrogens is 521 g/mol. The Kier molecular flexibility index (Phi) is 11.7. The third kappa shape index (κ3) is 9.21. The van der Waals surface area contributed by atoms with E-state index in [-0.39, 0.29) is 39.7 Å². The predicted octanol–water partition coefficient (Wildman–Crippen LogP) is 3.38.